The number of hydrogen-bond acceptors (Lipinski definition) is 5. The number of nitrogens with one attached hydrogen (secondary N) is 2. The zero-order chi connectivity index (χ0) is 21.9. The van der Waals surface area contributed by atoms with E-state index in [1.807, 2.05) is 37.3 Å². The van der Waals surface area contributed by atoms with E-state index in [9.17, 15) is 4.39 Å². The second kappa shape index (κ2) is 8.88. The normalized spacial score (nSPS) is 14.4. The van der Waals surface area contributed by atoms with Crippen LogP contribution in [-0.2, 0) is 0 Å². The number of rotatable bonds is 5. The molecule has 2 N–H and O–H groups in total. The molecule has 0 spiro atoms. The van der Waals surface area contributed by atoms with Crippen LogP contribution in [0.5, 0.6) is 11.8 Å². The molecule has 4 aromatic rings. The van der Waals surface area contributed by atoms with E-state index in [0.29, 0.717) is 17.4 Å². The van der Waals surface area contributed by atoms with Crippen LogP contribution in [0.3, 0.4) is 0 Å². The first-order valence-electron chi connectivity index (χ1n) is 10.8. The lowest BCUT2D eigenvalue weighted by Gasteiger charge is -2.20. The molecule has 32 heavy (non-hydrogen) atoms. The Labute approximate surface area is 185 Å². The van der Waals surface area contributed by atoms with E-state index in [-0.39, 0.29) is 11.8 Å². The second-order valence-corrected chi connectivity index (χ2v) is 8.02. The highest BCUT2D eigenvalue weighted by molar-refractivity contribution is 5.76. The van der Waals surface area contributed by atoms with Crippen LogP contribution in [0, 0.1) is 12.7 Å². The Morgan fingerprint density at radius 1 is 0.938 bits per heavy atom. The van der Waals surface area contributed by atoms with Crippen molar-refractivity contribution < 1.29 is 9.13 Å². The Morgan fingerprint density at radius 3 is 2.44 bits per heavy atom. The lowest BCUT2D eigenvalue weighted by molar-refractivity contribution is 0.442. The van der Waals surface area contributed by atoms with Gasteiger partial charge < -0.3 is 15.0 Å². The van der Waals surface area contributed by atoms with Crippen LogP contribution in [-0.4, -0.2) is 33.0 Å². The molecule has 0 radical (unpaired) electrons. The van der Waals surface area contributed by atoms with Gasteiger partial charge in [-0.3, -0.25) is 0 Å². The van der Waals surface area contributed by atoms with Gasteiger partial charge in [-0.15, -0.1) is 0 Å². The number of ether oxygens (including phenoxy) is 1. The average molecular weight is 429 g/mol. The molecule has 1 aliphatic rings. The summed E-state index contributed by atoms with van der Waals surface area (Å²) in [5.41, 5.74) is 4.19. The van der Waals surface area contributed by atoms with Crippen molar-refractivity contribution in [2.75, 3.05) is 13.1 Å². The molecule has 1 fully saturated rings. The Kier molecular flexibility index (Phi) is 5.64. The summed E-state index contributed by atoms with van der Waals surface area (Å²) >= 11 is 0. The maximum Gasteiger partial charge on any atom is 0.322 e. The molecule has 0 amide bonds. The molecule has 0 saturated carbocycles. The van der Waals surface area contributed by atoms with Crippen LogP contribution in [0.4, 0.5) is 4.39 Å². The predicted molar refractivity (Wildman–Crippen MR) is 121 cm³/mol. The van der Waals surface area contributed by atoms with Gasteiger partial charge in [-0.2, -0.15) is 4.98 Å². The van der Waals surface area contributed by atoms with Gasteiger partial charge in [0.15, 0.2) is 0 Å². The summed E-state index contributed by atoms with van der Waals surface area (Å²) in [6, 6.07) is 16.2. The Bertz CT molecular complexity index is 1200. The van der Waals surface area contributed by atoms with Crippen LogP contribution >= 0.6 is 0 Å². The molecule has 0 atom stereocenters. The lowest BCUT2D eigenvalue weighted by Crippen LogP contribution is -2.27. The van der Waals surface area contributed by atoms with Gasteiger partial charge in [-0.05, 0) is 75.3 Å². The van der Waals surface area contributed by atoms with E-state index in [0.717, 1.165) is 54.3 Å². The number of halogens is 1. The third-order valence-electron chi connectivity index (χ3n) is 5.69. The Balaban J connectivity index is 1.53. The van der Waals surface area contributed by atoms with Gasteiger partial charge in [0.1, 0.15) is 17.4 Å². The average Bonchev–Trinajstić information content (AvgIpc) is 3.27. The summed E-state index contributed by atoms with van der Waals surface area (Å²) in [6.45, 7) is 3.96. The molecule has 3 heterocycles. The van der Waals surface area contributed by atoms with Crippen LogP contribution in [0.25, 0.3) is 22.6 Å². The van der Waals surface area contributed by atoms with Crippen LogP contribution < -0.4 is 10.1 Å². The molecule has 2 aromatic heterocycles. The van der Waals surface area contributed by atoms with Gasteiger partial charge in [0, 0.05) is 17.7 Å². The van der Waals surface area contributed by atoms with E-state index in [1.54, 1.807) is 18.3 Å². The molecule has 6 nitrogen and oxygen atoms in total. The molecule has 0 aliphatic carbocycles. The minimum atomic E-state index is -0.278. The van der Waals surface area contributed by atoms with E-state index in [4.69, 9.17) is 9.72 Å². The Morgan fingerprint density at radius 2 is 1.69 bits per heavy atom. The largest absolute Gasteiger partial charge is 0.424 e. The zero-order valence-electron chi connectivity index (χ0n) is 17.8. The first-order chi connectivity index (χ1) is 15.7. The topological polar surface area (TPSA) is 75.7 Å². The second-order valence-electron chi connectivity index (χ2n) is 8.02. The fourth-order valence-electron chi connectivity index (χ4n) is 3.92. The molecule has 2 aromatic carbocycles. The number of benzene rings is 2. The molecule has 162 valence electrons. The van der Waals surface area contributed by atoms with Gasteiger partial charge in [0.05, 0.1) is 17.1 Å². The summed E-state index contributed by atoms with van der Waals surface area (Å²) in [4.78, 5) is 17.3. The van der Waals surface area contributed by atoms with Gasteiger partial charge in [-0.25, -0.2) is 14.4 Å². The molecule has 0 unspecified atom stereocenters. The number of piperidine rings is 1. The third-order valence-corrected chi connectivity index (χ3v) is 5.69. The Hall–Kier alpha value is -3.58. The smallest absolute Gasteiger partial charge is 0.322 e. The minimum Gasteiger partial charge on any atom is -0.424 e. The fourth-order valence-corrected chi connectivity index (χ4v) is 3.92. The van der Waals surface area contributed by atoms with Gasteiger partial charge in [0.25, 0.3) is 0 Å². The highest BCUT2D eigenvalue weighted by Gasteiger charge is 2.23. The van der Waals surface area contributed by atoms with Crippen molar-refractivity contribution in [2.45, 2.75) is 25.7 Å². The first kappa shape index (κ1) is 20.3. The van der Waals surface area contributed by atoms with E-state index in [1.165, 1.54) is 12.1 Å². The number of H-pyrrole nitrogens is 1. The van der Waals surface area contributed by atoms with Crippen molar-refractivity contribution >= 4 is 0 Å². The minimum absolute atomic E-state index is 0.259. The summed E-state index contributed by atoms with van der Waals surface area (Å²) in [5, 5.41) is 3.39. The molecular weight excluding hydrogens is 405 g/mol. The van der Waals surface area contributed by atoms with E-state index < -0.39 is 0 Å². The number of hydrogen-bond donors (Lipinski definition) is 2. The predicted octanol–water partition coefficient (Wildman–Crippen LogP) is 5.24. The lowest BCUT2D eigenvalue weighted by atomic mass is 9.98. The maximum atomic E-state index is 13.5. The van der Waals surface area contributed by atoms with Crippen molar-refractivity contribution in [1.29, 1.82) is 0 Å². The molecule has 5 rings (SSSR count). The third kappa shape index (κ3) is 4.38. The standard InChI is InChI=1S/C25H24FN5O/c1-16-2-8-20(9-3-16)32-25-28-15-12-21(29-25)23-22(17-4-6-19(26)7-5-17)30-24(31-23)18-10-13-27-14-11-18/h2-9,12,15,18,27H,10-11,13-14H2,1H3,(H,30,31). The van der Waals surface area contributed by atoms with Crippen molar-refractivity contribution in [3.63, 3.8) is 0 Å². The van der Waals surface area contributed by atoms with E-state index in [2.05, 4.69) is 20.3 Å². The molecule has 0 bridgehead atoms. The molecule has 1 saturated heterocycles. The van der Waals surface area contributed by atoms with Gasteiger partial charge in [0.2, 0.25) is 0 Å². The van der Waals surface area contributed by atoms with Crippen molar-refractivity contribution in [2.24, 2.45) is 0 Å². The zero-order valence-corrected chi connectivity index (χ0v) is 17.8. The van der Waals surface area contributed by atoms with Crippen molar-refractivity contribution in [1.82, 2.24) is 25.3 Å². The van der Waals surface area contributed by atoms with Crippen LogP contribution in [0.2, 0.25) is 0 Å². The summed E-state index contributed by atoms with van der Waals surface area (Å²) in [7, 11) is 0. The molecular formula is C25H24FN5O. The van der Waals surface area contributed by atoms with Crippen molar-refractivity contribution in [3.05, 3.63) is 78.0 Å². The SMILES string of the molecule is Cc1ccc(Oc2nccc(-c3[nH]c(C4CCNCC4)nc3-c3ccc(F)cc3)n2)cc1. The maximum absolute atomic E-state index is 13.5. The van der Waals surface area contributed by atoms with Gasteiger partial charge in [-0.1, -0.05) is 17.7 Å². The van der Waals surface area contributed by atoms with E-state index >= 15 is 0 Å². The number of aromatic nitrogens is 4. The molecule has 7 heteroatoms. The van der Waals surface area contributed by atoms with Crippen molar-refractivity contribution in [3.8, 4) is 34.4 Å². The number of imidazole rings is 1. The summed E-state index contributed by atoms with van der Waals surface area (Å²) in [5.74, 6) is 1.67. The highest BCUT2D eigenvalue weighted by atomic mass is 19.1. The molecule has 1 aliphatic heterocycles. The summed E-state index contributed by atoms with van der Waals surface area (Å²) < 4.78 is 19.4. The van der Waals surface area contributed by atoms with Crippen LogP contribution in [0.15, 0.2) is 60.8 Å². The number of aromatic amines is 1. The number of aryl methyl sites for hydroxylation is 1. The van der Waals surface area contributed by atoms with Gasteiger partial charge >= 0.3 is 6.01 Å². The monoisotopic (exact) mass is 429 g/mol. The quantitative estimate of drug-likeness (QED) is 0.454. The summed E-state index contributed by atoms with van der Waals surface area (Å²) in [6.07, 6.45) is 3.70. The van der Waals surface area contributed by atoms with Crippen LogP contribution in [0.1, 0.15) is 30.1 Å². The number of nitrogens with zero attached hydrogens (tertiary/aromatic N) is 3. The fraction of sp³-hybridized carbons (Fsp3) is 0.240. The first-order valence-corrected chi connectivity index (χ1v) is 10.8. The highest BCUT2D eigenvalue weighted by Crippen LogP contribution is 2.34.